The summed E-state index contributed by atoms with van der Waals surface area (Å²) in [4.78, 5) is 0. The Kier molecular flexibility index (Phi) is 2.92. The second-order valence-electron chi connectivity index (χ2n) is 3.46. The quantitative estimate of drug-likeness (QED) is 0.563. The minimum absolute atomic E-state index is 0.825. The summed E-state index contributed by atoms with van der Waals surface area (Å²) in [6.07, 6.45) is 8.37. The highest BCUT2D eigenvalue weighted by atomic mass is 14.2. The van der Waals surface area contributed by atoms with E-state index in [1.165, 1.54) is 12.8 Å². The molecule has 1 rings (SSSR count). The molecular weight excluding hydrogens is 132 g/mol. The van der Waals surface area contributed by atoms with Gasteiger partial charge in [-0.05, 0) is 37.7 Å². The molecule has 11 heavy (non-hydrogen) atoms. The number of hydrogen-bond donors (Lipinski definition) is 0. The molecule has 0 spiro atoms. The van der Waals surface area contributed by atoms with E-state index in [-0.39, 0.29) is 0 Å². The van der Waals surface area contributed by atoms with Gasteiger partial charge in [0.05, 0.1) is 0 Å². The molecular formula is C11H18. The molecule has 0 bridgehead atoms. The topological polar surface area (TPSA) is 0 Å². The van der Waals surface area contributed by atoms with Gasteiger partial charge >= 0.3 is 0 Å². The molecule has 1 aliphatic rings. The molecule has 62 valence electrons. The second-order valence-corrected chi connectivity index (χ2v) is 3.46. The summed E-state index contributed by atoms with van der Waals surface area (Å²) in [6.45, 7) is 6.78. The molecule has 0 aromatic carbocycles. The molecule has 0 saturated heterocycles. The first kappa shape index (κ1) is 8.58. The number of hydrogen-bond acceptors (Lipinski definition) is 0. The van der Waals surface area contributed by atoms with Gasteiger partial charge < -0.3 is 0 Å². The van der Waals surface area contributed by atoms with Gasteiger partial charge in [-0.1, -0.05) is 31.6 Å². The Morgan fingerprint density at radius 2 is 2.27 bits per heavy atom. The highest BCUT2D eigenvalue weighted by molar-refractivity contribution is 5.29. The van der Waals surface area contributed by atoms with Crippen LogP contribution in [0.1, 0.15) is 40.0 Å². The van der Waals surface area contributed by atoms with Crippen LogP contribution in [0.25, 0.3) is 0 Å². The second kappa shape index (κ2) is 3.75. The smallest absolute Gasteiger partial charge is 0.0225 e. The number of allylic oxidation sites excluding steroid dienone is 4. The first-order valence-electron chi connectivity index (χ1n) is 4.62. The van der Waals surface area contributed by atoms with Crippen LogP contribution in [0.4, 0.5) is 0 Å². The molecule has 0 N–H and O–H groups in total. The van der Waals surface area contributed by atoms with E-state index in [0.29, 0.717) is 0 Å². The maximum absolute atomic E-state index is 2.32. The maximum Gasteiger partial charge on any atom is -0.0225 e. The van der Waals surface area contributed by atoms with Crippen molar-refractivity contribution in [1.82, 2.24) is 0 Å². The van der Waals surface area contributed by atoms with Crippen molar-refractivity contribution in [1.29, 1.82) is 0 Å². The van der Waals surface area contributed by atoms with E-state index in [9.17, 15) is 0 Å². The van der Waals surface area contributed by atoms with Gasteiger partial charge in [-0.25, -0.2) is 0 Å². The normalized spacial score (nSPS) is 25.5. The zero-order valence-electron chi connectivity index (χ0n) is 7.85. The minimum Gasteiger partial charge on any atom is -0.0845 e. The molecule has 0 nitrogen and oxygen atoms in total. The molecule has 0 amide bonds. The standard InChI is InChI=1S/C11H18/c1-4-5-6-11-8-7-9(2)10(11)3/h5-6,9H,4,7-8H2,1-3H3/b6-5-. The molecule has 0 aromatic rings. The molecule has 0 aromatic heterocycles. The van der Waals surface area contributed by atoms with E-state index in [1.54, 1.807) is 11.1 Å². The fraction of sp³-hybridized carbons (Fsp3) is 0.636. The van der Waals surface area contributed by atoms with Gasteiger partial charge in [-0.15, -0.1) is 0 Å². The summed E-state index contributed by atoms with van der Waals surface area (Å²) >= 11 is 0. The van der Waals surface area contributed by atoms with E-state index in [2.05, 4.69) is 32.9 Å². The third-order valence-electron chi connectivity index (χ3n) is 2.65. The summed E-state index contributed by atoms with van der Waals surface area (Å²) in [5.74, 6) is 0.825. The third-order valence-corrected chi connectivity index (χ3v) is 2.65. The fourth-order valence-electron chi connectivity index (χ4n) is 1.58. The monoisotopic (exact) mass is 150 g/mol. The van der Waals surface area contributed by atoms with Gasteiger partial charge in [0.15, 0.2) is 0 Å². The first-order valence-corrected chi connectivity index (χ1v) is 4.62. The molecule has 1 aliphatic carbocycles. The average molecular weight is 150 g/mol. The van der Waals surface area contributed by atoms with Crippen LogP contribution in [0, 0.1) is 5.92 Å². The Morgan fingerprint density at radius 3 is 2.73 bits per heavy atom. The third kappa shape index (κ3) is 1.95. The van der Waals surface area contributed by atoms with Gasteiger partial charge in [-0.3, -0.25) is 0 Å². The van der Waals surface area contributed by atoms with Crippen molar-refractivity contribution in [2.75, 3.05) is 0 Å². The van der Waals surface area contributed by atoms with Gasteiger partial charge in [0.1, 0.15) is 0 Å². The maximum atomic E-state index is 2.32. The van der Waals surface area contributed by atoms with Crippen LogP contribution in [0.15, 0.2) is 23.3 Å². The lowest BCUT2D eigenvalue weighted by Crippen LogP contribution is -1.86. The predicted octanol–water partition coefficient (Wildman–Crippen LogP) is 3.70. The van der Waals surface area contributed by atoms with Crippen LogP contribution in [-0.4, -0.2) is 0 Å². The van der Waals surface area contributed by atoms with Crippen molar-refractivity contribution in [3.8, 4) is 0 Å². The van der Waals surface area contributed by atoms with Crippen molar-refractivity contribution in [2.24, 2.45) is 5.92 Å². The van der Waals surface area contributed by atoms with E-state index in [4.69, 9.17) is 0 Å². The van der Waals surface area contributed by atoms with Crippen LogP contribution in [-0.2, 0) is 0 Å². The van der Waals surface area contributed by atoms with Crippen molar-refractivity contribution in [3.63, 3.8) is 0 Å². The van der Waals surface area contributed by atoms with Crippen LogP contribution in [0.5, 0.6) is 0 Å². The largest absolute Gasteiger partial charge is 0.0845 e. The van der Waals surface area contributed by atoms with E-state index < -0.39 is 0 Å². The van der Waals surface area contributed by atoms with E-state index >= 15 is 0 Å². The molecule has 0 radical (unpaired) electrons. The molecule has 0 saturated carbocycles. The Balaban J connectivity index is 2.64. The van der Waals surface area contributed by atoms with Crippen LogP contribution < -0.4 is 0 Å². The summed E-state index contributed by atoms with van der Waals surface area (Å²) in [6, 6.07) is 0. The SMILES string of the molecule is CC/C=C\C1=C(C)C(C)CC1. The van der Waals surface area contributed by atoms with Crippen molar-refractivity contribution in [3.05, 3.63) is 23.3 Å². The minimum atomic E-state index is 0.825. The number of rotatable bonds is 2. The fourth-order valence-corrected chi connectivity index (χ4v) is 1.58. The van der Waals surface area contributed by atoms with Crippen LogP contribution in [0.3, 0.4) is 0 Å². The first-order chi connectivity index (χ1) is 5.25. The Bertz CT molecular complexity index is 184. The summed E-state index contributed by atoms with van der Waals surface area (Å²) in [7, 11) is 0. The molecule has 1 unspecified atom stereocenters. The predicted molar refractivity (Wildman–Crippen MR) is 50.5 cm³/mol. The van der Waals surface area contributed by atoms with E-state index in [1.807, 2.05) is 0 Å². The molecule has 0 heteroatoms. The molecule has 1 atom stereocenters. The van der Waals surface area contributed by atoms with Crippen molar-refractivity contribution >= 4 is 0 Å². The summed E-state index contributed by atoms with van der Waals surface area (Å²) < 4.78 is 0. The van der Waals surface area contributed by atoms with Crippen molar-refractivity contribution < 1.29 is 0 Å². The summed E-state index contributed by atoms with van der Waals surface area (Å²) in [5.41, 5.74) is 3.19. The van der Waals surface area contributed by atoms with Crippen LogP contribution >= 0.6 is 0 Å². The van der Waals surface area contributed by atoms with Gasteiger partial charge in [0.2, 0.25) is 0 Å². The highest BCUT2D eigenvalue weighted by Crippen LogP contribution is 2.31. The van der Waals surface area contributed by atoms with Gasteiger partial charge in [0.25, 0.3) is 0 Å². The highest BCUT2D eigenvalue weighted by Gasteiger charge is 2.15. The summed E-state index contributed by atoms with van der Waals surface area (Å²) in [5, 5.41) is 0. The Hall–Kier alpha value is -0.520. The molecule has 0 fully saturated rings. The average Bonchev–Trinajstić information content (AvgIpc) is 2.31. The lowest BCUT2D eigenvalue weighted by molar-refractivity contribution is 0.669. The lowest BCUT2D eigenvalue weighted by atomic mass is 10.1. The molecule has 0 heterocycles. The van der Waals surface area contributed by atoms with Gasteiger partial charge in [0, 0.05) is 0 Å². The lowest BCUT2D eigenvalue weighted by Gasteiger charge is -2.00. The Morgan fingerprint density at radius 1 is 1.55 bits per heavy atom. The van der Waals surface area contributed by atoms with Gasteiger partial charge in [-0.2, -0.15) is 0 Å². The van der Waals surface area contributed by atoms with Crippen LogP contribution in [0.2, 0.25) is 0 Å². The molecule has 0 aliphatic heterocycles. The zero-order chi connectivity index (χ0) is 8.27. The zero-order valence-corrected chi connectivity index (χ0v) is 7.85. The van der Waals surface area contributed by atoms with E-state index in [0.717, 1.165) is 12.3 Å². The Labute approximate surface area is 70.0 Å². The van der Waals surface area contributed by atoms with Crippen molar-refractivity contribution in [2.45, 2.75) is 40.0 Å².